The first-order valence-electron chi connectivity index (χ1n) is 3.56. The third kappa shape index (κ3) is 2.23. The second-order valence-electron chi connectivity index (χ2n) is 2.36. The van der Waals surface area contributed by atoms with Crippen molar-refractivity contribution >= 4 is 26.9 Å². The molecule has 0 radical (unpaired) electrons. The fourth-order valence-corrected chi connectivity index (χ4v) is 2.81. The molecule has 1 atom stereocenters. The Hall–Kier alpha value is -0.520. The van der Waals surface area contributed by atoms with Crippen molar-refractivity contribution in [3.05, 3.63) is 35.9 Å². The summed E-state index contributed by atoms with van der Waals surface area (Å²) in [6.45, 7) is 0. The molecule has 1 aromatic rings. The van der Waals surface area contributed by atoms with Crippen LogP contribution >= 0.6 is 0 Å². The average molecular weight is 278 g/mol. The first kappa shape index (κ1) is 9.57. The zero-order chi connectivity index (χ0) is 8.97. The Labute approximate surface area is 81.7 Å². The van der Waals surface area contributed by atoms with E-state index in [1.54, 1.807) is 0 Å². The summed E-state index contributed by atoms with van der Waals surface area (Å²) < 4.78 is -0.225. The van der Waals surface area contributed by atoms with Gasteiger partial charge in [0, 0.05) is 0 Å². The second-order valence-corrected chi connectivity index (χ2v) is 5.06. The van der Waals surface area contributed by atoms with E-state index in [0.717, 1.165) is 5.56 Å². The molecule has 1 unspecified atom stereocenters. The standard InChI is InChI=1S/C9H10O2Te/c1-12-8(9(10)11)7-5-3-2-4-6-7/h2-6,8H,1H3,(H,10,11). The quantitative estimate of drug-likeness (QED) is 0.852. The molecule has 0 aliphatic heterocycles. The molecule has 0 bridgehead atoms. The van der Waals surface area contributed by atoms with Gasteiger partial charge in [0.15, 0.2) is 0 Å². The molecule has 1 aromatic carbocycles. The minimum atomic E-state index is -0.689. The molecule has 12 heavy (non-hydrogen) atoms. The number of aliphatic carboxylic acids is 1. The first-order valence-corrected chi connectivity index (χ1v) is 7.24. The zero-order valence-electron chi connectivity index (χ0n) is 6.73. The van der Waals surface area contributed by atoms with Gasteiger partial charge in [-0.1, -0.05) is 0 Å². The molecular formula is C9H10O2Te. The summed E-state index contributed by atoms with van der Waals surface area (Å²) in [5.41, 5.74) is 0.940. The molecule has 0 saturated heterocycles. The fourth-order valence-electron chi connectivity index (χ4n) is 1.01. The number of carbonyl (C=O) groups is 1. The number of benzene rings is 1. The van der Waals surface area contributed by atoms with Gasteiger partial charge in [0.05, 0.1) is 0 Å². The van der Waals surface area contributed by atoms with E-state index in [0.29, 0.717) is 0 Å². The summed E-state index contributed by atoms with van der Waals surface area (Å²) >= 11 is -0.443. The van der Waals surface area contributed by atoms with Gasteiger partial charge in [0.1, 0.15) is 0 Å². The van der Waals surface area contributed by atoms with Crippen LogP contribution in [0.25, 0.3) is 0 Å². The Bertz CT molecular complexity index is 258. The van der Waals surface area contributed by atoms with Gasteiger partial charge in [-0.15, -0.1) is 0 Å². The van der Waals surface area contributed by atoms with Gasteiger partial charge >= 0.3 is 81.6 Å². The molecule has 3 heteroatoms. The first-order chi connectivity index (χ1) is 5.75. The van der Waals surface area contributed by atoms with Crippen LogP contribution in [-0.2, 0) is 4.79 Å². The molecule has 0 spiro atoms. The van der Waals surface area contributed by atoms with Gasteiger partial charge in [-0.25, -0.2) is 0 Å². The van der Waals surface area contributed by atoms with Crippen LogP contribution in [0.3, 0.4) is 0 Å². The predicted molar refractivity (Wildman–Crippen MR) is 48.4 cm³/mol. The van der Waals surface area contributed by atoms with E-state index in [-0.39, 0.29) is 3.97 Å². The summed E-state index contributed by atoms with van der Waals surface area (Å²) in [6, 6.07) is 9.43. The molecule has 0 aliphatic carbocycles. The Morgan fingerprint density at radius 1 is 1.42 bits per heavy atom. The van der Waals surface area contributed by atoms with E-state index in [2.05, 4.69) is 0 Å². The van der Waals surface area contributed by atoms with Crippen LogP contribution in [-0.4, -0.2) is 32.0 Å². The Kier molecular flexibility index (Phi) is 3.58. The van der Waals surface area contributed by atoms with Crippen LogP contribution in [0.2, 0.25) is 4.97 Å². The SMILES string of the molecule is C[Te]C(C(=O)O)c1ccccc1. The molecule has 1 N–H and O–H groups in total. The average Bonchev–Trinajstić information content (AvgIpc) is 2.07. The van der Waals surface area contributed by atoms with Crippen molar-refractivity contribution in [2.75, 3.05) is 0 Å². The maximum atomic E-state index is 10.8. The molecule has 0 fully saturated rings. The van der Waals surface area contributed by atoms with Crippen molar-refractivity contribution in [3.63, 3.8) is 0 Å². The van der Waals surface area contributed by atoms with Crippen LogP contribution < -0.4 is 0 Å². The molecule has 0 saturated carbocycles. The normalized spacial score (nSPS) is 12.4. The van der Waals surface area contributed by atoms with E-state index < -0.39 is 26.9 Å². The van der Waals surface area contributed by atoms with Gasteiger partial charge in [-0.3, -0.25) is 0 Å². The molecule has 0 aromatic heterocycles. The maximum absolute atomic E-state index is 10.8. The van der Waals surface area contributed by atoms with Crippen LogP contribution in [0.15, 0.2) is 30.3 Å². The number of hydrogen-bond donors (Lipinski definition) is 1. The summed E-state index contributed by atoms with van der Waals surface area (Å²) in [4.78, 5) is 12.8. The van der Waals surface area contributed by atoms with Crippen molar-refractivity contribution in [2.24, 2.45) is 0 Å². The van der Waals surface area contributed by atoms with Crippen LogP contribution in [0.1, 0.15) is 9.53 Å². The van der Waals surface area contributed by atoms with Crippen molar-refractivity contribution in [1.82, 2.24) is 0 Å². The third-order valence-electron chi connectivity index (χ3n) is 1.56. The Balaban J connectivity index is 2.88. The topological polar surface area (TPSA) is 37.3 Å². The molecule has 0 amide bonds. The Morgan fingerprint density at radius 2 is 2.00 bits per heavy atom. The predicted octanol–water partition coefficient (Wildman–Crippen LogP) is 1.56. The van der Waals surface area contributed by atoms with Gasteiger partial charge in [-0.2, -0.15) is 0 Å². The molecule has 1 rings (SSSR count). The fraction of sp³-hybridized carbons (Fsp3) is 0.222. The van der Waals surface area contributed by atoms with E-state index in [4.69, 9.17) is 5.11 Å². The van der Waals surface area contributed by atoms with Crippen LogP contribution in [0.5, 0.6) is 0 Å². The van der Waals surface area contributed by atoms with Crippen molar-refractivity contribution in [2.45, 2.75) is 8.94 Å². The second kappa shape index (κ2) is 4.49. The summed E-state index contributed by atoms with van der Waals surface area (Å²) in [7, 11) is 0. The monoisotopic (exact) mass is 280 g/mol. The molecule has 2 nitrogen and oxygen atoms in total. The van der Waals surface area contributed by atoms with Gasteiger partial charge in [0.2, 0.25) is 0 Å². The van der Waals surface area contributed by atoms with Crippen molar-refractivity contribution < 1.29 is 9.90 Å². The number of rotatable bonds is 3. The minimum absolute atomic E-state index is 0.225. The molecular weight excluding hydrogens is 268 g/mol. The summed E-state index contributed by atoms with van der Waals surface area (Å²) in [5.74, 6) is -0.689. The molecule has 0 heterocycles. The van der Waals surface area contributed by atoms with Crippen LogP contribution in [0, 0.1) is 0 Å². The number of carboxylic acids is 1. The summed E-state index contributed by atoms with van der Waals surface area (Å²) in [5, 5.41) is 8.86. The van der Waals surface area contributed by atoms with Crippen LogP contribution in [0.4, 0.5) is 0 Å². The van der Waals surface area contributed by atoms with Gasteiger partial charge in [0.25, 0.3) is 0 Å². The van der Waals surface area contributed by atoms with Gasteiger partial charge < -0.3 is 0 Å². The van der Waals surface area contributed by atoms with E-state index >= 15 is 0 Å². The summed E-state index contributed by atoms with van der Waals surface area (Å²) in [6.07, 6.45) is 0. The third-order valence-corrected chi connectivity index (χ3v) is 4.26. The zero-order valence-corrected chi connectivity index (χ0v) is 9.06. The number of hydrogen-bond acceptors (Lipinski definition) is 1. The van der Waals surface area contributed by atoms with E-state index in [1.165, 1.54) is 0 Å². The molecule has 0 aliphatic rings. The van der Waals surface area contributed by atoms with Crippen molar-refractivity contribution in [1.29, 1.82) is 0 Å². The van der Waals surface area contributed by atoms with E-state index in [1.807, 2.05) is 35.3 Å². The number of carboxylic acid groups (broad SMARTS) is 1. The van der Waals surface area contributed by atoms with Crippen molar-refractivity contribution in [3.8, 4) is 0 Å². The molecule has 64 valence electrons. The van der Waals surface area contributed by atoms with Gasteiger partial charge in [-0.05, 0) is 0 Å². The van der Waals surface area contributed by atoms with E-state index in [9.17, 15) is 4.79 Å². The Morgan fingerprint density at radius 3 is 2.42 bits per heavy atom.